The SMILES string of the molecule is c1ccc(-c2nc(-c3ccccc3)nc(-c3cccc4c3-c3cc(-c5cccc6c5oc5ccccc56)ccc3C43c4ccccc4N(c4ccccc4)c4ccccc43)n2)cc1. The van der Waals surface area contributed by atoms with Crippen LogP contribution in [-0.2, 0) is 5.41 Å². The molecule has 9 aromatic carbocycles. The lowest BCUT2D eigenvalue weighted by molar-refractivity contribution is 0.670. The molecule has 13 rings (SSSR count). The van der Waals surface area contributed by atoms with Crippen LogP contribution < -0.4 is 4.90 Å². The Bertz CT molecular complexity index is 3480. The number of nitrogens with zero attached hydrogens (tertiary/aromatic N) is 4. The molecule has 0 radical (unpaired) electrons. The Morgan fingerprint density at radius 2 is 0.905 bits per heavy atom. The number of benzene rings is 9. The molecule has 0 unspecified atom stereocenters. The number of hydrogen-bond acceptors (Lipinski definition) is 5. The molecule has 2 aliphatic rings. The minimum Gasteiger partial charge on any atom is -0.455 e. The Labute approximate surface area is 364 Å². The first-order valence-corrected chi connectivity index (χ1v) is 21.4. The van der Waals surface area contributed by atoms with Gasteiger partial charge in [0.05, 0.1) is 16.8 Å². The molecule has 0 amide bonds. The van der Waals surface area contributed by atoms with E-state index in [1.165, 1.54) is 22.3 Å². The summed E-state index contributed by atoms with van der Waals surface area (Å²) in [4.78, 5) is 18.1. The summed E-state index contributed by atoms with van der Waals surface area (Å²) in [5.74, 6) is 1.87. The first-order valence-electron chi connectivity index (χ1n) is 21.4. The quantitative estimate of drug-likeness (QED) is 0.173. The lowest BCUT2D eigenvalue weighted by Gasteiger charge is -2.45. The molecule has 0 N–H and O–H groups in total. The van der Waals surface area contributed by atoms with Gasteiger partial charge in [0.2, 0.25) is 0 Å². The number of aromatic nitrogens is 3. The molecule has 1 aliphatic heterocycles. The average Bonchev–Trinajstić information content (AvgIpc) is 3.89. The van der Waals surface area contributed by atoms with Gasteiger partial charge in [-0.2, -0.15) is 0 Å². The highest BCUT2D eigenvalue weighted by atomic mass is 16.3. The van der Waals surface area contributed by atoms with Crippen molar-refractivity contribution in [2.75, 3.05) is 4.90 Å². The monoisotopic (exact) mass is 804 g/mol. The Morgan fingerprint density at radius 1 is 0.365 bits per heavy atom. The molecule has 0 bridgehead atoms. The summed E-state index contributed by atoms with van der Waals surface area (Å²) < 4.78 is 6.65. The van der Waals surface area contributed by atoms with Crippen LogP contribution in [0.1, 0.15) is 22.3 Å². The van der Waals surface area contributed by atoms with Crippen molar-refractivity contribution in [3.8, 4) is 56.4 Å². The van der Waals surface area contributed by atoms with Crippen molar-refractivity contribution in [1.82, 2.24) is 15.0 Å². The highest BCUT2D eigenvalue weighted by molar-refractivity contribution is 6.10. The molecule has 5 nitrogen and oxygen atoms in total. The Hall–Kier alpha value is -8.41. The fourth-order valence-corrected chi connectivity index (χ4v) is 10.3. The van der Waals surface area contributed by atoms with Gasteiger partial charge >= 0.3 is 0 Å². The van der Waals surface area contributed by atoms with Gasteiger partial charge in [-0.25, -0.2) is 15.0 Å². The molecule has 0 saturated carbocycles. The average molecular weight is 805 g/mol. The topological polar surface area (TPSA) is 55.1 Å². The van der Waals surface area contributed by atoms with Crippen molar-refractivity contribution >= 4 is 39.0 Å². The van der Waals surface area contributed by atoms with E-state index in [0.29, 0.717) is 17.5 Å². The van der Waals surface area contributed by atoms with Crippen molar-refractivity contribution in [2.24, 2.45) is 0 Å². The van der Waals surface area contributed by atoms with Gasteiger partial charge < -0.3 is 9.32 Å². The summed E-state index contributed by atoms with van der Waals surface area (Å²) in [5.41, 5.74) is 16.4. The number of fused-ring (bicyclic) bond motifs is 12. The number of furan rings is 1. The lowest BCUT2D eigenvalue weighted by atomic mass is 9.64. The molecule has 294 valence electrons. The van der Waals surface area contributed by atoms with Crippen LogP contribution in [0.25, 0.3) is 78.4 Å². The molecule has 0 fully saturated rings. The largest absolute Gasteiger partial charge is 0.455 e. The lowest BCUT2D eigenvalue weighted by Crippen LogP contribution is -2.36. The first kappa shape index (κ1) is 35.4. The summed E-state index contributed by atoms with van der Waals surface area (Å²) in [6, 6.07) is 77.4. The van der Waals surface area contributed by atoms with Crippen molar-refractivity contribution in [3.63, 3.8) is 0 Å². The third kappa shape index (κ3) is 5.20. The van der Waals surface area contributed by atoms with Crippen LogP contribution in [0, 0.1) is 0 Å². The second-order valence-electron chi connectivity index (χ2n) is 16.3. The van der Waals surface area contributed by atoms with Gasteiger partial charge in [-0.05, 0) is 75.3 Å². The van der Waals surface area contributed by atoms with Crippen molar-refractivity contribution in [1.29, 1.82) is 0 Å². The van der Waals surface area contributed by atoms with Gasteiger partial charge in [0, 0.05) is 38.7 Å². The van der Waals surface area contributed by atoms with Crippen molar-refractivity contribution in [3.05, 3.63) is 241 Å². The number of hydrogen-bond donors (Lipinski definition) is 0. The smallest absolute Gasteiger partial charge is 0.164 e. The molecule has 0 atom stereocenters. The van der Waals surface area contributed by atoms with E-state index in [1.54, 1.807) is 0 Å². The maximum absolute atomic E-state index is 6.65. The third-order valence-electron chi connectivity index (χ3n) is 12.9. The number of anilines is 3. The molecule has 5 heteroatoms. The Morgan fingerprint density at radius 3 is 1.60 bits per heavy atom. The molecule has 1 spiro atoms. The fraction of sp³-hybridized carbons (Fsp3) is 0.0172. The third-order valence-corrected chi connectivity index (χ3v) is 12.9. The highest BCUT2D eigenvalue weighted by Crippen LogP contribution is 2.64. The molecule has 0 saturated heterocycles. The minimum absolute atomic E-state index is 0.621. The van der Waals surface area contributed by atoms with E-state index in [9.17, 15) is 0 Å². The van der Waals surface area contributed by atoms with Crippen LogP contribution in [0.4, 0.5) is 17.1 Å². The molecular weight excluding hydrogens is 769 g/mol. The van der Waals surface area contributed by atoms with E-state index in [0.717, 1.165) is 77.9 Å². The number of rotatable bonds is 5. The highest BCUT2D eigenvalue weighted by Gasteiger charge is 2.52. The van der Waals surface area contributed by atoms with Crippen LogP contribution in [-0.4, -0.2) is 15.0 Å². The van der Waals surface area contributed by atoms with E-state index in [2.05, 4.69) is 175 Å². The number of para-hydroxylation sites is 5. The molecule has 11 aromatic rings. The van der Waals surface area contributed by atoms with Crippen molar-refractivity contribution in [2.45, 2.75) is 5.41 Å². The van der Waals surface area contributed by atoms with Gasteiger partial charge in [0.25, 0.3) is 0 Å². The van der Waals surface area contributed by atoms with Gasteiger partial charge in [0.15, 0.2) is 17.5 Å². The van der Waals surface area contributed by atoms with Gasteiger partial charge in [-0.1, -0.05) is 182 Å². The van der Waals surface area contributed by atoms with E-state index < -0.39 is 5.41 Å². The predicted octanol–water partition coefficient (Wildman–Crippen LogP) is 14.6. The maximum Gasteiger partial charge on any atom is 0.164 e. The Balaban J connectivity index is 1.14. The van der Waals surface area contributed by atoms with E-state index >= 15 is 0 Å². The molecule has 2 aromatic heterocycles. The fourth-order valence-electron chi connectivity index (χ4n) is 10.3. The van der Waals surface area contributed by atoms with E-state index in [-0.39, 0.29) is 0 Å². The molecule has 1 aliphatic carbocycles. The zero-order valence-corrected chi connectivity index (χ0v) is 34.0. The van der Waals surface area contributed by atoms with Crippen LogP contribution in [0.3, 0.4) is 0 Å². The molecule has 3 heterocycles. The summed E-state index contributed by atoms with van der Waals surface area (Å²) in [5, 5.41) is 2.21. The van der Waals surface area contributed by atoms with Crippen LogP contribution in [0.5, 0.6) is 0 Å². The zero-order chi connectivity index (χ0) is 41.5. The van der Waals surface area contributed by atoms with Crippen LogP contribution in [0.2, 0.25) is 0 Å². The standard InChI is InChI=1S/C58H36N4O/c1-4-18-37(19-5-1)55-59-56(38-20-6-2-7-21-38)61-57(60-55)44-27-17-30-49-53(44)45-36-39(41-25-16-26-43-42-24-10-15-33-52(42)63-54(41)43)34-35-46(45)58(49)47-28-11-13-31-50(47)62(40-22-8-3-9-23-40)51-32-14-12-29-48(51)58/h1-36H. The first-order chi connectivity index (χ1) is 31.3. The van der Waals surface area contributed by atoms with Gasteiger partial charge in [0.1, 0.15) is 11.2 Å². The normalized spacial score (nSPS) is 13.2. The maximum atomic E-state index is 6.65. The predicted molar refractivity (Wildman–Crippen MR) is 254 cm³/mol. The Kier molecular flexibility index (Phi) is 7.75. The van der Waals surface area contributed by atoms with Gasteiger partial charge in [-0.15, -0.1) is 0 Å². The van der Waals surface area contributed by atoms with Crippen molar-refractivity contribution < 1.29 is 4.42 Å². The molecular formula is C58H36N4O. The van der Waals surface area contributed by atoms with Crippen LogP contribution in [0.15, 0.2) is 223 Å². The molecule has 63 heavy (non-hydrogen) atoms. The van der Waals surface area contributed by atoms with Gasteiger partial charge in [-0.3, -0.25) is 0 Å². The second-order valence-corrected chi connectivity index (χ2v) is 16.3. The summed E-state index contributed by atoms with van der Waals surface area (Å²) in [6.45, 7) is 0. The second kappa shape index (κ2) is 13.8. The summed E-state index contributed by atoms with van der Waals surface area (Å²) >= 11 is 0. The van der Waals surface area contributed by atoms with E-state index in [4.69, 9.17) is 19.4 Å². The summed E-state index contributed by atoms with van der Waals surface area (Å²) in [7, 11) is 0. The summed E-state index contributed by atoms with van der Waals surface area (Å²) in [6.07, 6.45) is 0. The minimum atomic E-state index is -0.680. The van der Waals surface area contributed by atoms with E-state index in [1.807, 2.05) is 48.5 Å². The van der Waals surface area contributed by atoms with Crippen LogP contribution >= 0.6 is 0 Å². The zero-order valence-electron chi connectivity index (χ0n) is 34.0.